The molecule has 0 bridgehead atoms. The first-order chi connectivity index (χ1) is 5.38. The van der Waals surface area contributed by atoms with Crippen LogP contribution in [0, 0.1) is 0 Å². The van der Waals surface area contributed by atoms with Crippen molar-refractivity contribution in [1.82, 2.24) is 0 Å². The lowest BCUT2D eigenvalue weighted by Crippen LogP contribution is -1.84. The molecule has 0 saturated carbocycles. The van der Waals surface area contributed by atoms with Crippen LogP contribution in [0.1, 0.15) is 46.0 Å². The molecule has 0 aromatic heterocycles. The molecule has 0 nitrogen and oxygen atoms in total. The summed E-state index contributed by atoms with van der Waals surface area (Å²) in [5.41, 5.74) is 0. The zero-order chi connectivity index (χ0) is 8.10. The van der Waals surface area contributed by atoms with Gasteiger partial charge in [0.25, 0.3) is 0 Å². The third kappa shape index (κ3) is 3.50. The second kappa shape index (κ2) is 5.08. The molecule has 0 radical (unpaired) electrons. The highest BCUT2D eigenvalue weighted by atomic mass is 32.2. The van der Waals surface area contributed by atoms with Gasteiger partial charge in [0, 0.05) is 0 Å². The molecule has 0 spiro atoms. The van der Waals surface area contributed by atoms with Gasteiger partial charge in [-0.15, -0.1) is 0 Å². The Kier molecular flexibility index (Phi) is 4.36. The van der Waals surface area contributed by atoms with Crippen molar-refractivity contribution >= 4 is 10.9 Å². The summed E-state index contributed by atoms with van der Waals surface area (Å²) in [4.78, 5) is 0. The molecule has 1 aliphatic rings. The van der Waals surface area contributed by atoms with Crippen molar-refractivity contribution in [3.05, 3.63) is 0 Å². The van der Waals surface area contributed by atoms with Crippen LogP contribution in [0.3, 0.4) is 0 Å². The Morgan fingerprint density at radius 3 is 2.55 bits per heavy atom. The molecule has 2 unspecified atom stereocenters. The lowest BCUT2D eigenvalue weighted by Gasteiger charge is -1.99. The van der Waals surface area contributed by atoms with Gasteiger partial charge in [-0.25, -0.2) is 10.9 Å². The molecule has 0 N–H and O–H groups in total. The van der Waals surface area contributed by atoms with E-state index >= 15 is 0 Å². The van der Waals surface area contributed by atoms with E-state index < -0.39 is 0 Å². The predicted molar refractivity (Wildman–Crippen MR) is 56.9 cm³/mol. The third-order valence-corrected chi connectivity index (χ3v) is 5.35. The van der Waals surface area contributed by atoms with E-state index in [1.54, 1.807) is 12.2 Å². The van der Waals surface area contributed by atoms with Gasteiger partial charge < -0.3 is 0 Å². The highest BCUT2D eigenvalue weighted by Crippen LogP contribution is 2.51. The fourth-order valence-electron chi connectivity index (χ4n) is 1.69. The van der Waals surface area contributed by atoms with Crippen molar-refractivity contribution in [3.63, 3.8) is 0 Å². The zero-order valence-electron chi connectivity index (χ0n) is 7.97. The number of rotatable bonds is 6. The van der Waals surface area contributed by atoms with Crippen molar-refractivity contribution in [2.24, 2.45) is 0 Å². The summed E-state index contributed by atoms with van der Waals surface area (Å²) in [5.74, 6) is 3.10. The molecule has 0 aromatic carbocycles. The molecule has 0 aromatic rings. The van der Waals surface area contributed by atoms with Gasteiger partial charge in [-0.1, -0.05) is 39.5 Å². The summed E-state index contributed by atoms with van der Waals surface area (Å²) in [6.45, 7) is 4.65. The summed E-state index contributed by atoms with van der Waals surface area (Å²) >= 11 is 0. The molecular formula is C10H22S. The molecule has 0 aliphatic carbocycles. The average molecular weight is 174 g/mol. The standard InChI is InChI=1S/C10H22S/c1-3-5-6-7-8-10-9-11(10)4-2/h10-11H,3-9H2,1-2H3. The predicted octanol–water partition coefficient (Wildman–Crippen LogP) is 3.36. The maximum absolute atomic E-state index is 2.36. The van der Waals surface area contributed by atoms with Gasteiger partial charge in [-0.2, -0.15) is 0 Å². The number of unbranched alkanes of at least 4 members (excludes halogenated alkanes) is 3. The Hall–Kier alpha value is 0.350. The fraction of sp³-hybridized carbons (Fsp3) is 1.00. The van der Waals surface area contributed by atoms with Crippen LogP contribution in [0.4, 0.5) is 0 Å². The molecule has 1 rings (SSSR count). The smallest absolute Gasteiger partial charge is 0.00621 e. The van der Waals surface area contributed by atoms with Gasteiger partial charge in [0.15, 0.2) is 0 Å². The lowest BCUT2D eigenvalue weighted by molar-refractivity contribution is 0.642. The highest BCUT2D eigenvalue weighted by molar-refractivity contribution is 8.23. The van der Waals surface area contributed by atoms with Crippen LogP contribution in [0.5, 0.6) is 0 Å². The van der Waals surface area contributed by atoms with Gasteiger partial charge in [0.2, 0.25) is 0 Å². The van der Waals surface area contributed by atoms with Gasteiger partial charge in [-0.05, 0) is 23.2 Å². The molecule has 68 valence electrons. The van der Waals surface area contributed by atoms with Crippen molar-refractivity contribution in [1.29, 1.82) is 0 Å². The van der Waals surface area contributed by atoms with E-state index in [-0.39, 0.29) is 0 Å². The van der Waals surface area contributed by atoms with Crippen molar-refractivity contribution < 1.29 is 0 Å². The summed E-state index contributed by atoms with van der Waals surface area (Å²) in [5, 5.41) is 1.20. The Morgan fingerprint density at radius 2 is 2.00 bits per heavy atom. The van der Waals surface area contributed by atoms with Gasteiger partial charge >= 0.3 is 0 Å². The Balaban J connectivity index is 1.82. The molecule has 1 aliphatic heterocycles. The minimum absolute atomic E-state index is 0.567. The maximum Gasteiger partial charge on any atom is -0.00621 e. The third-order valence-electron chi connectivity index (χ3n) is 2.63. The SMILES string of the molecule is CCCCCCC1C[SH]1CC. The molecule has 2 atom stereocenters. The molecule has 1 fully saturated rings. The quantitative estimate of drug-likeness (QED) is 0.356. The van der Waals surface area contributed by atoms with Crippen LogP contribution in [-0.2, 0) is 0 Å². The minimum atomic E-state index is 0.567. The normalized spacial score (nSPS) is 32.2. The van der Waals surface area contributed by atoms with Crippen LogP contribution in [-0.4, -0.2) is 16.8 Å². The zero-order valence-corrected chi connectivity index (χ0v) is 8.87. The van der Waals surface area contributed by atoms with Crippen molar-refractivity contribution in [3.8, 4) is 0 Å². The Labute approximate surface area is 74.1 Å². The molecule has 0 amide bonds. The van der Waals surface area contributed by atoms with Gasteiger partial charge in [-0.3, -0.25) is 0 Å². The second-order valence-electron chi connectivity index (χ2n) is 3.59. The Bertz CT molecular complexity index is 101. The lowest BCUT2D eigenvalue weighted by atomic mass is 10.1. The van der Waals surface area contributed by atoms with E-state index in [0.717, 1.165) is 0 Å². The van der Waals surface area contributed by atoms with Crippen molar-refractivity contribution in [2.45, 2.75) is 51.2 Å². The topological polar surface area (TPSA) is 0 Å². The summed E-state index contributed by atoms with van der Waals surface area (Å²) in [6, 6.07) is 0. The van der Waals surface area contributed by atoms with E-state index in [0.29, 0.717) is 10.9 Å². The van der Waals surface area contributed by atoms with Crippen LogP contribution in [0.2, 0.25) is 0 Å². The number of hydrogen-bond donors (Lipinski definition) is 1. The first-order valence-electron chi connectivity index (χ1n) is 5.12. The van der Waals surface area contributed by atoms with Crippen molar-refractivity contribution in [2.75, 3.05) is 11.5 Å². The van der Waals surface area contributed by atoms with Gasteiger partial charge in [0.05, 0.1) is 0 Å². The first-order valence-corrected chi connectivity index (χ1v) is 6.90. The van der Waals surface area contributed by atoms with Crippen LogP contribution in [0.15, 0.2) is 0 Å². The molecule has 1 saturated heterocycles. The van der Waals surface area contributed by atoms with E-state index in [4.69, 9.17) is 0 Å². The number of thiol groups is 1. The minimum Gasteiger partial charge on any atom is -0.249 e. The summed E-state index contributed by atoms with van der Waals surface area (Å²) in [6.07, 6.45) is 7.39. The van der Waals surface area contributed by atoms with E-state index in [2.05, 4.69) is 13.8 Å². The monoisotopic (exact) mass is 174 g/mol. The summed E-state index contributed by atoms with van der Waals surface area (Å²) < 4.78 is 0. The second-order valence-corrected chi connectivity index (χ2v) is 6.50. The number of hydrogen-bond acceptors (Lipinski definition) is 0. The Morgan fingerprint density at radius 1 is 1.18 bits per heavy atom. The highest BCUT2D eigenvalue weighted by Gasteiger charge is 2.30. The van der Waals surface area contributed by atoms with Crippen LogP contribution in [0.25, 0.3) is 0 Å². The maximum atomic E-state index is 2.36. The van der Waals surface area contributed by atoms with E-state index in [1.807, 2.05) is 0 Å². The van der Waals surface area contributed by atoms with Gasteiger partial charge in [0.1, 0.15) is 0 Å². The van der Waals surface area contributed by atoms with Crippen LogP contribution >= 0.6 is 10.9 Å². The summed E-state index contributed by atoms with van der Waals surface area (Å²) in [7, 11) is 0.567. The van der Waals surface area contributed by atoms with E-state index in [1.165, 1.54) is 36.7 Å². The first kappa shape index (κ1) is 9.44. The van der Waals surface area contributed by atoms with E-state index in [9.17, 15) is 0 Å². The largest absolute Gasteiger partial charge is 0.249 e. The molecule has 11 heavy (non-hydrogen) atoms. The average Bonchev–Trinajstić information content (AvgIpc) is 2.77. The molecule has 1 heterocycles. The van der Waals surface area contributed by atoms with Crippen LogP contribution < -0.4 is 0 Å². The molecular weight excluding hydrogens is 152 g/mol. The fourth-order valence-corrected chi connectivity index (χ4v) is 3.99. The molecule has 1 heteroatoms.